The van der Waals surface area contributed by atoms with Gasteiger partial charge in [-0.05, 0) is 31.2 Å². The number of Topliss-reactive ketones (excluding diaryl/α,β-unsaturated/α-hetero) is 1. The highest BCUT2D eigenvalue weighted by Crippen LogP contribution is 2.32. The maximum Gasteiger partial charge on any atom is 0.149 e. The fourth-order valence-electron chi connectivity index (χ4n) is 2.95. The second-order valence-electron chi connectivity index (χ2n) is 5.97. The molecule has 1 unspecified atom stereocenters. The number of carbonyl (C=O) groups excluding carboxylic acids is 1. The highest BCUT2D eigenvalue weighted by atomic mass is 16.1. The Morgan fingerprint density at radius 3 is 2.73 bits per heavy atom. The van der Waals surface area contributed by atoms with E-state index in [0.29, 0.717) is 11.2 Å². The summed E-state index contributed by atoms with van der Waals surface area (Å²) >= 11 is 0. The molecule has 2 nitrogen and oxygen atoms in total. The second kappa shape index (κ2) is 4.25. The van der Waals surface area contributed by atoms with E-state index in [-0.39, 0.29) is 6.04 Å². The predicted octanol–water partition coefficient (Wildman–Crippen LogP) is 2.62. The number of carbonyl (C=O) groups is 1. The Kier molecular flexibility index (Phi) is 3.15. The van der Waals surface area contributed by atoms with Gasteiger partial charge in [-0.25, -0.2) is 0 Å². The average molecular weight is 209 g/mol. The van der Waals surface area contributed by atoms with Gasteiger partial charge in [-0.3, -0.25) is 9.69 Å². The molecule has 0 bridgehead atoms. The van der Waals surface area contributed by atoms with E-state index in [0.717, 1.165) is 32.4 Å². The fraction of sp³-hybridized carbons (Fsp3) is 0.923. The van der Waals surface area contributed by atoms with Gasteiger partial charge in [-0.15, -0.1) is 0 Å². The Labute approximate surface area is 93.0 Å². The zero-order valence-corrected chi connectivity index (χ0v) is 10.1. The van der Waals surface area contributed by atoms with Crippen molar-refractivity contribution in [3.8, 4) is 0 Å². The van der Waals surface area contributed by atoms with Crippen LogP contribution in [0.3, 0.4) is 0 Å². The van der Waals surface area contributed by atoms with E-state index in [1.54, 1.807) is 0 Å². The van der Waals surface area contributed by atoms with E-state index < -0.39 is 0 Å². The highest BCUT2D eigenvalue weighted by Gasteiger charge is 2.36. The van der Waals surface area contributed by atoms with Crippen LogP contribution in [0.25, 0.3) is 0 Å². The average Bonchev–Trinajstić information content (AvgIpc) is 2.39. The van der Waals surface area contributed by atoms with Gasteiger partial charge in [-0.1, -0.05) is 26.7 Å². The monoisotopic (exact) mass is 209 g/mol. The first-order valence-electron chi connectivity index (χ1n) is 6.35. The van der Waals surface area contributed by atoms with Crippen LogP contribution < -0.4 is 0 Å². The van der Waals surface area contributed by atoms with Gasteiger partial charge in [0.05, 0.1) is 6.04 Å². The fourth-order valence-corrected chi connectivity index (χ4v) is 2.95. The van der Waals surface area contributed by atoms with Crippen LogP contribution in [-0.2, 0) is 4.79 Å². The van der Waals surface area contributed by atoms with E-state index in [4.69, 9.17) is 0 Å². The van der Waals surface area contributed by atoms with Gasteiger partial charge >= 0.3 is 0 Å². The molecule has 1 heterocycles. The number of hydrogen-bond acceptors (Lipinski definition) is 2. The van der Waals surface area contributed by atoms with Crippen molar-refractivity contribution >= 4 is 5.78 Å². The standard InChI is InChI=1S/C13H23NO/c1-13(2)8-9-14(10-13)11-6-4-3-5-7-12(11)15/h11H,3-10H2,1-2H3. The number of ketones is 1. The molecule has 2 fully saturated rings. The molecular formula is C13H23NO. The third-order valence-corrected chi connectivity index (χ3v) is 3.92. The van der Waals surface area contributed by atoms with Gasteiger partial charge in [0.1, 0.15) is 5.78 Å². The first kappa shape index (κ1) is 11.1. The third kappa shape index (κ3) is 2.60. The van der Waals surface area contributed by atoms with Crippen LogP contribution in [0.1, 0.15) is 52.4 Å². The number of rotatable bonds is 1. The summed E-state index contributed by atoms with van der Waals surface area (Å²) in [5, 5.41) is 0. The van der Waals surface area contributed by atoms with Gasteiger partial charge in [0, 0.05) is 13.0 Å². The summed E-state index contributed by atoms with van der Waals surface area (Å²) in [6, 6.07) is 0.259. The molecule has 2 heteroatoms. The molecule has 1 atom stereocenters. The Bertz CT molecular complexity index is 247. The molecule has 0 aromatic rings. The Morgan fingerprint density at radius 2 is 2.07 bits per heavy atom. The molecule has 1 saturated heterocycles. The summed E-state index contributed by atoms with van der Waals surface area (Å²) in [6.07, 6.45) is 6.78. The number of likely N-dealkylation sites (tertiary alicyclic amines) is 1. The quantitative estimate of drug-likeness (QED) is 0.619. The Balaban J connectivity index is 2.00. The predicted molar refractivity (Wildman–Crippen MR) is 61.9 cm³/mol. The van der Waals surface area contributed by atoms with Gasteiger partial charge < -0.3 is 0 Å². The molecule has 0 amide bonds. The molecule has 0 spiro atoms. The molecule has 86 valence electrons. The Morgan fingerprint density at radius 1 is 1.27 bits per heavy atom. The van der Waals surface area contributed by atoms with Crippen LogP contribution in [0, 0.1) is 5.41 Å². The van der Waals surface area contributed by atoms with Crippen molar-refractivity contribution in [2.45, 2.75) is 58.4 Å². The maximum atomic E-state index is 12.0. The van der Waals surface area contributed by atoms with E-state index >= 15 is 0 Å². The molecule has 1 aliphatic heterocycles. The summed E-state index contributed by atoms with van der Waals surface area (Å²) in [5.74, 6) is 0.505. The molecule has 1 saturated carbocycles. The largest absolute Gasteiger partial charge is 0.298 e. The highest BCUT2D eigenvalue weighted by molar-refractivity contribution is 5.84. The van der Waals surface area contributed by atoms with Crippen molar-refractivity contribution in [1.29, 1.82) is 0 Å². The van der Waals surface area contributed by atoms with Crippen LogP contribution in [0.5, 0.6) is 0 Å². The molecule has 0 aromatic heterocycles. The Hall–Kier alpha value is -0.370. The minimum Gasteiger partial charge on any atom is -0.298 e. The van der Waals surface area contributed by atoms with Gasteiger partial charge in [-0.2, -0.15) is 0 Å². The SMILES string of the molecule is CC1(C)CCN(C2CCCCCC2=O)C1. The smallest absolute Gasteiger partial charge is 0.149 e. The van der Waals surface area contributed by atoms with Crippen molar-refractivity contribution in [3.63, 3.8) is 0 Å². The lowest BCUT2D eigenvalue weighted by atomic mass is 9.93. The summed E-state index contributed by atoms with van der Waals surface area (Å²) < 4.78 is 0. The van der Waals surface area contributed by atoms with Gasteiger partial charge in [0.2, 0.25) is 0 Å². The van der Waals surface area contributed by atoms with Crippen molar-refractivity contribution in [3.05, 3.63) is 0 Å². The molecule has 0 N–H and O–H groups in total. The number of hydrogen-bond donors (Lipinski definition) is 0. The normalized spacial score (nSPS) is 32.9. The van der Waals surface area contributed by atoms with Crippen molar-refractivity contribution in [2.75, 3.05) is 13.1 Å². The van der Waals surface area contributed by atoms with Gasteiger partial charge in [0.25, 0.3) is 0 Å². The number of nitrogens with zero attached hydrogens (tertiary/aromatic N) is 1. The zero-order valence-electron chi connectivity index (χ0n) is 10.1. The van der Waals surface area contributed by atoms with Crippen LogP contribution in [0.4, 0.5) is 0 Å². The van der Waals surface area contributed by atoms with Crippen LogP contribution in [0.2, 0.25) is 0 Å². The van der Waals surface area contributed by atoms with Crippen LogP contribution in [-0.4, -0.2) is 29.8 Å². The summed E-state index contributed by atoms with van der Waals surface area (Å²) in [5.41, 5.74) is 0.423. The lowest BCUT2D eigenvalue weighted by molar-refractivity contribution is -0.123. The molecule has 0 radical (unpaired) electrons. The summed E-state index contributed by atoms with van der Waals surface area (Å²) in [7, 11) is 0. The zero-order chi connectivity index (χ0) is 10.9. The molecule has 0 aromatic carbocycles. The summed E-state index contributed by atoms with van der Waals surface area (Å²) in [6.45, 7) is 6.87. The lowest BCUT2D eigenvalue weighted by Gasteiger charge is -2.27. The summed E-state index contributed by atoms with van der Waals surface area (Å²) in [4.78, 5) is 14.4. The van der Waals surface area contributed by atoms with Crippen LogP contribution >= 0.6 is 0 Å². The van der Waals surface area contributed by atoms with E-state index in [1.807, 2.05) is 0 Å². The molecule has 1 aliphatic carbocycles. The van der Waals surface area contributed by atoms with Crippen molar-refractivity contribution in [1.82, 2.24) is 4.90 Å². The van der Waals surface area contributed by atoms with Crippen molar-refractivity contribution < 1.29 is 4.79 Å². The first-order valence-corrected chi connectivity index (χ1v) is 6.35. The van der Waals surface area contributed by atoms with Crippen LogP contribution in [0.15, 0.2) is 0 Å². The molecule has 2 aliphatic rings. The molecule has 2 rings (SSSR count). The second-order valence-corrected chi connectivity index (χ2v) is 5.97. The minimum absolute atomic E-state index is 0.259. The van der Waals surface area contributed by atoms with Crippen molar-refractivity contribution in [2.24, 2.45) is 5.41 Å². The minimum atomic E-state index is 0.259. The first-order chi connectivity index (χ1) is 7.08. The maximum absolute atomic E-state index is 12.0. The van der Waals surface area contributed by atoms with E-state index in [1.165, 1.54) is 19.3 Å². The molecule has 15 heavy (non-hydrogen) atoms. The van der Waals surface area contributed by atoms with E-state index in [9.17, 15) is 4.79 Å². The lowest BCUT2D eigenvalue weighted by Crippen LogP contribution is -2.39. The third-order valence-electron chi connectivity index (χ3n) is 3.92. The topological polar surface area (TPSA) is 20.3 Å². The van der Waals surface area contributed by atoms with Gasteiger partial charge in [0.15, 0.2) is 0 Å². The van der Waals surface area contributed by atoms with E-state index in [2.05, 4.69) is 18.7 Å². The molecular weight excluding hydrogens is 186 g/mol.